The van der Waals surface area contributed by atoms with Gasteiger partial charge in [0.25, 0.3) is 0 Å². The summed E-state index contributed by atoms with van der Waals surface area (Å²) in [6.07, 6.45) is 6.42. The van der Waals surface area contributed by atoms with Gasteiger partial charge in [-0.2, -0.15) is 5.10 Å². The van der Waals surface area contributed by atoms with Crippen molar-refractivity contribution in [2.75, 3.05) is 6.54 Å². The smallest absolute Gasteiger partial charge is 0.0610 e. The van der Waals surface area contributed by atoms with Gasteiger partial charge in [0.05, 0.1) is 12.2 Å². The van der Waals surface area contributed by atoms with Crippen molar-refractivity contribution in [3.8, 4) is 0 Å². The van der Waals surface area contributed by atoms with Crippen LogP contribution < -0.4 is 5.32 Å². The number of aromatic nitrogens is 2. The van der Waals surface area contributed by atoms with E-state index in [1.165, 1.54) is 22.3 Å². The second-order valence-corrected chi connectivity index (χ2v) is 5.71. The van der Waals surface area contributed by atoms with Crippen molar-refractivity contribution in [3.05, 3.63) is 52.8 Å². The van der Waals surface area contributed by atoms with E-state index in [1.54, 1.807) is 0 Å². The summed E-state index contributed by atoms with van der Waals surface area (Å²) in [5.41, 5.74) is 5.33. The lowest BCUT2D eigenvalue weighted by Gasteiger charge is -2.21. The Balaban J connectivity index is 2.34. The van der Waals surface area contributed by atoms with Crippen molar-refractivity contribution >= 4 is 0 Å². The van der Waals surface area contributed by atoms with Gasteiger partial charge in [0.15, 0.2) is 0 Å². The zero-order valence-electron chi connectivity index (χ0n) is 13.7. The van der Waals surface area contributed by atoms with E-state index in [0.29, 0.717) is 0 Å². The van der Waals surface area contributed by atoms with E-state index in [2.05, 4.69) is 62.5 Å². The lowest BCUT2D eigenvalue weighted by molar-refractivity contribution is 0.586. The predicted molar refractivity (Wildman–Crippen MR) is 88.6 cm³/mol. The lowest BCUT2D eigenvalue weighted by atomic mass is 9.94. The molecule has 0 amide bonds. The van der Waals surface area contributed by atoms with Crippen LogP contribution in [0.5, 0.6) is 0 Å². The molecule has 2 rings (SSSR count). The van der Waals surface area contributed by atoms with Crippen molar-refractivity contribution in [1.82, 2.24) is 15.1 Å². The minimum atomic E-state index is 0.232. The van der Waals surface area contributed by atoms with Crippen LogP contribution in [0.3, 0.4) is 0 Å². The first-order valence-corrected chi connectivity index (χ1v) is 7.99. The van der Waals surface area contributed by atoms with Crippen LogP contribution in [0.2, 0.25) is 0 Å². The number of aryl methyl sites for hydroxylation is 2. The first kappa shape index (κ1) is 15.8. The van der Waals surface area contributed by atoms with Crippen LogP contribution in [0, 0.1) is 13.8 Å². The first-order valence-electron chi connectivity index (χ1n) is 7.99. The van der Waals surface area contributed by atoms with Crippen molar-refractivity contribution in [3.63, 3.8) is 0 Å². The molecule has 0 fully saturated rings. The molecule has 0 bridgehead atoms. The molecule has 3 heteroatoms. The number of nitrogens with zero attached hydrogens (tertiary/aromatic N) is 2. The van der Waals surface area contributed by atoms with Crippen LogP contribution >= 0.6 is 0 Å². The standard InChI is InChI=1S/C18H27N3/c1-5-10-19-18(16-12-20-21(13-16)11-6-2)17-9-7-8-14(3)15(17)4/h7-9,12-13,18-19H,5-6,10-11H2,1-4H3. The summed E-state index contributed by atoms with van der Waals surface area (Å²) in [6, 6.07) is 6.79. The van der Waals surface area contributed by atoms with Gasteiger partial charge in [-0.05, 0) is 49.9 Å². The maximum absolute atomic E-state index is 4.49. The molecular formula is C18H27N3. The highest BCUT2D eigenvalue weighted by molar-refractivity contribution is 5.39. The Labute approximate surface area is 128 Å². The van der Waals surface area contributed by atoms with Gasteiger partial charge < -0.3 is 5.32 Å². The molecule has 0 saturated carbocycles. The Hall–Kier alpha value is -1.61. The summed E-state index contributed by atoms with van der Waals surface area (Å²) in [5, 5.41) is 8.16. The second kappa shape index (κ2) is 7.41. The molecule has 1 aromatic carbocycles. The first-order chi connectivity index (χ1) is 10.2. The fourth-order valence-electron chi connectivity index (χ4n) is 2.66. The summed E-state index contributed by atoms with van der Waals surface area (Å²) in [6.45, 7) is 10.8. The normalized spacial score (nSPS) is 12.6. The summed E-state index contributed by atoms with van der Waals surface area (Å²) >= 11 is 0. The zero-order valence-corrected chi connectivity index (χ0v) is 13.7. The molecule has 0 aliphatic rings. The fourth-order valence-corrected chi connectivity index (χ4v) is 2.66. The third-order valence-corrected chi connectivity index (χ3v) is 4.00. The molecular weight excluding hydrogens is 258 g/mol. The minimum Gasteiger partial charge on any atom is -0.306 e. The molecule has 0 aliphatic heterocycles. The van der Waals surface area contributed by atoms with Crippen molar-refractivity contribution in [2.24, 2.45) is 0 Å². The Morgan fingerprint density at radius 2 is 2.00 bits per heavy atom. The van der Waals surface area contributed by atoms with Crippen molar-refractivity contribution in [2.45, 2.75) is 53.1 Å². The van der Waals surface area contributed by atoms with E-state index < -0.39 is 0 Å². The van der Waals surface area contributed by atoms with Gasteiger partial charge in [-0.15, -0.1) is 0 Å². The van der Waals surface area contributed by atoms with Gasteiger partial charge in [-0.3, -0.25) is 4.68 Å². The van der Waals surface area contributed by atoms with E-state index in [0.717, 1.165) is 25.9 Å². The highest BCUT2D eigenvalue weighted by Crippen LogP contribution is 2.26. The average molecular weight is 285 g/mol. The highest BCUT2D eigenvalue weighted by Gasteiger charge is 2.17. The number of nitrogens with one attached hydrogen (secondary N) is 1. The molecule has 1 N–H and O–H groups in total. The van der Waals surface area contributed by atoms with Crippen LogP contribution in [0.1, 0.15) is 55.0 Å². The fraction of sp³-hybridized carbons (Fsp3) is 0.500. The van der Waals surface area contributed by atoms with Crippen LogP contribution in [0.15, 0.2) is 30.6 Å². The Morgan fingerprint density at radius 3 is 2.71 bits per heavy atom. The summed E-state index contributed by atoms with van der Waals surface area (Å²) in [5.74, 6) is 0. The topological polar surface area (TPSA) is 29.9 Å². The molecule has 0 aliphatic carbocycles. The van der Waals surface area contributed by atoms with E-state index in [-0.39, 0.29) is 6.04 Å². The SMILES string of the molecule is CCCNC(c1cnn(CCC)c1)c1cccc(C)c1C. The lowest BCUT2D eigenvalue weighted by Crippen LogP contribution is -2.23. The molecule has 1 unspecified atom stereocenters. The molecule has 0 radical (unpaired) electrons. The van der Waals surface area contributed by atoms with Gasteiger partial charge in [0.1, 0.15) is 0 Å². The van der Waals surface area contributed by atoms with Crippen LogP contribution in [-0.4, -0.2) is 16.3 Å². The van der Waals surface area contributed by atoms with E-state index in [4.69, 9.17) is 0 Å². The van der Waals surface area contributed by atoms with Gasteiger partial charge in [-0.1, -0.05) is 32.0 Å². The Bertz CT molecular complexity index is 572. The van der Waals surface area contributed by atoms with E-state index in [9.17, 15) is 0 Å². The summed E-state index contributed by atoms with van der Waals surface area (Å²) < 4.78 is 2.04. The Kier molecular flexibility index (Phi) is 5.57. The maximum atomic E-state index is 4.49. The second-order valence-electron chi connectivity index (χ2n) is 5.71. The summed E-state index contributed by atoms with van der Waals surface area (Å²) in [4.78, 5) is 0. The largest absolute Gasteiger partial charge is 0.306 e. The predicted octanol–water partition coefficient (Wildman–Crippen LogP) is 4.00. The van der Waals surface area contributed by atoms with Crippen LogP contribution in [-0.2, 0) is 6.54 Å². The van der Waals surface area contributed by atoms with Gasteiger partial charge in [0, 0.05) is 18.3 Å². The van der Waals surface area contributed by atoms with Crippen LogP contribution in [0.4, 0.5) is 0 Å². The third kappa shape index (κ3) is 3.73. The molecule has 114 valence electrons. The quantitative estimate of drug-likeness (QED) is 0.833. The highest BCUT2D eigenvalue weighted by atomic mass is 15.3. The number of benzene rings is 1. The monoisotopic (exact) mass is 285 g/mol. The van der Waals surface area contributed by atoms with Gasteiger partial charge >= 0.3 is 0 Å². The van der Waals surface area contributed by atoms with Crippen LogP contribution in [0.25, 0.3) is 0 Å². The maximum Gasteiger partial charge on any atom is 0.0610 e. The summed E-state index contributed by atoms with van der Waals surface area (Å²) in [7, 11) is 0. The number of hydrogen-bond acceptors (Lipinski definition) is 2. The van der Waals surface area contributed by atoms with Crippen molar-refractivity contribution in [1.29, 1.82) is 0 Å². The molecule has 0 spiro atoms. The molecule has 1 aromatic heterocycles. The van der Waals surface area contributed by atoms with Gasteiger partial charge in [0.2, 0.25) is 0 Å². The molecule has 1 atom stereocenters. The van der Waals surface area contributed by atoms with Gasteiger partial charge in [-0.25, -0.2) is 0 Å². The molecule has 1 heterocycles. The zero-order chi connectivity index (χ0) is 15.2. The molecule has 3 nitrogen and oxygen atoms in total. The molecule has 0 saturated heterocycles. The average Bonchev–Trinajstić information content (AvgIpc) is 2.92. The van der Waals surface area contributed by atoms with E-state index in [1.807, 2.05) is 10.9 Å². The minimum absolute atomic E-state index is 0.232. The molecule has 2 aromatic rings. The van der Waals surface area contributed by atoms with Crippen molar-refractivity contribution < 1.29 is 0 Å². The Morgan fingerprint density at radius 1 is 1.19 bits per heavy atom. The molecule has 21 heavy (non-hydrogen) atoms. The number of hydrogen-bond donors (Lipinski definition) is 1. The van der Waals surface area contributed by atoms with E-state index >= 15 is 0 Å². The number of rotatable bonds is 7. The third-order valence-electron chi connectivity index (χ3n) is 4.00.